The van der Waals surface area contributed by atoms with Crippen molar-refractivity contribution in [3.8, 4) is 0 Å². The Bertz CT molecular complexity index is 1270. The summed E-state index contributed by atoms with van der Waals surface area (Å²) in [5, 5.41) is 11.4. The number of hydrogen-bond donors (Lipinski definition) is 1. The van der Waals surface area contributed by atoms with E-state index in [9.17, 15) is 27.9 Å². The SMILES string of the molecule is O=C1C(=O)N(c2cccc(C(F)(F)F)c2)[C@@H](c2ccc(Br)cc2)C1=C(O)c1ccc(Cl)cc1. The van der Waals surface area contributed by atoms with Gasteiger partial charge in [0.15, 0.2) is 0 Å². The number of nitrogens with zero attached hydrogens (tertiary/aromatic N) is 1. The summed E-state index contributed by atoms with van der Waals surface area (Å²) in [6.45, 7) is 0. The lowest BCUT2D eigenvalue weighted by Gasteiger charge is -2.26. The van der Waals surface area contributed by atoms with Crippen molar-refractivity contribution in [2.75, 3.05) is 4.90 Å². The molecule has 0 aromatic heterocycles. The molecule has 1 N–H and O–H groups in total. The molecule has 1 heterocycles. The highest BCUT2D eigenvalue weighted by molar-refractivity contribution is 9.10. The second-order valence-electron chi connectivity index (χ2n) is 7.28. The molecule has 0 aliphatic carbocycles. The van der Waals surface area contributed by atoms with Gasteiger partial charge in [-0.05, 0) is 60.2 Å². The molecule has 4 rings (SSSR count). The Hall–Kier alpha value is -3.10. The van der Waals surface area contributed by atoms with E-state index in [-0.39, 0.29) is 16.8 Å². The minimum absolute atomic E-state index is 0.116. The van der Waals surface area contributed by atoms with Crippen molar-refractivity contribution in [1.82, 2.24) is 0 Å². The second-order valence-corrected chi connectivity index (χ2v) is 8.63. The van der Waals surface area contributed by atoms with E-state index in [0.29, 0.717) is 10.6 Å². The quantitative estimate of drug-likeness (QED) is 0.229. The lowest BCUT2D eigenvalue weighted by molar-refractivity contribution is -0.137. The van der Waals surface area contributed by atoms with Gasteiger partial charge in [-0.15, -0.1) is 0 Å². The number of halogens is 5. The summed E-state index contributed by atoms with van der Waals surface area (Å²) >= 11 is 9.21. The van der Waals surface area contributed by atoms with Crippen LogP contribution in [0.25, 0.3) is 5.76 Å². The van der Waals surface area contributed by atoms with E-state index in [1.807, 2.05) is 0 Å². The van der Waals surface area contributed by atoms with Gasteiger partial charge in [-0.3, -0.25) is 14.5 Å². The Morgan fingerprint density at radius 3 is 2.21 bits per heavy atom. The number of amides is 1. The number of hydrogen-bond acceptors (Lipinski definition) is 3. The number of carbonyl (C=O) groups excluding carboxylic acids is 2. The number of rotatable bonds is 3. The first-order valence-electron chi connectivity index (χ1n) is 9.57. The van der Waals surface area contributed by atoms with Crippen molar-refractivity contribution in [2.45, 2.75) is 12.2 Å². The van der Waals surface area contributed by atoms with Crippen LogP contribution in [-0.4, -0.2) is 16.8 Å². The van der Waals surface area contributed by atoms with Crippen LogP contribution < -0.4 is 4.90 Å². The first kappa shape index (κ1) is 23.1. The standard InChI is InChI=1S/C24H14BrClF3NO3/c25-16-8-4-13(5-9-16)20-19(21(31)14-6-10-17(26)11-7-14)22(32)23(33)30(20)18-3-1-2-15(12-18)24(27,28)29/h1-12,20,31H/t20-/m0/s1. The molecule has 33 heavy (non-hydrogen) atoms. The molecule has 168 valence electrons. The van der Waals surface area contributed by atoms with Gasteiger partial charge in [0.1, 0.15) is 5.76 Å². The largest absolute Gasteiger partial charge is 0.507 e. The third-order valence-corrected chi connectivity index (χ3v) is 5.98. The molecule has 0 saturated carbocycles. The molecule has 0 radical (unpaired) electrons. The van der Waals surface area contributed by atoms with Crippen LogP contribution in [0.1, 0.15) is 22.7 Å². The van der Waals surface area contributed by atoms with Crippen LogP contribution in [0.5, 0.6) is 0 Å². The van der Waals surface area contributed by atoms with Gasteiger partial charge in [0, 0.05) is 20.7 Å². The monoisotopic (exact) mass is 535 g/mol. The molecule has 1 saturated heterocycles. The van der Waals surface area contributed by atoms with Gasteiger partial charge in [0.2, 0.25) is 0 Å². The van der Waals surface area contributed by atoms with Crippen LogP contribution in [-0.2, 0) is 15.8 Å². The summed E-state index contributed by atoms with van der Waals surface area (Å²) in [5.41, 5.74) is -0.639. The lowest BCUT2D eigenvalue weighted by atomic mass is 9.95. The van der Waals surface area contributed by atoms with Crippen LogP contribution in [0, 0.1) is 0 Å². The molecular weight excluding hydrogens is 523 g/mol. The Morgan fingerprint density at radius 1 is 0.970 bits per heavy atom. The number of aliphatic hydroxyl groups is 1. The minimum Gasteiger partial charge on any atom is -0.507 e. The molecule has 1 amide bonds. The average Bonchev–Trinajstić information content (AvgIpc) is 3.04. The van der Waals surface area contributed by atoms with Gasteiger partial charge in [-0.25, -0.2) is 0 Å². The number of carbonyl (C=O) groups is 2. The number of Topliss-reactive ketones (excluding diaryl/α,β-unsaturated/α-hetero) is 1. The maximum absolute atomic E-state index is 13.3. The van der Waals surface area contributed by atoms with Gasteiger partial charge in [0.25, 0.3) is 11.7 Å². The zero-order valence-electron chi connectivity index (χ0n) is 16.6. The molecule has 1 aliphatic heterocycles. The van der Waals surface area contributed by atoms with Crippen LogP contribution in [0.15, 0.2) is 82.8 Å². The summed E-state index contributed by atoms with van der Waals surface area (Å²) in [6.07, 6.45) is -4.64. The van der Waals surface area contributed by atoms with Crippen LogP contribution >= 0.6 is 27.5 Å². The fourth-order valence-electron chi connectivity index (χ4n) is 3.65. The number of anilines is 1. The molecule has 0 bridgehead atoms. The summed E-state index contributed by atoms with van der Waals surface area (Å²) < 4.78 is 40.7. The highest BCUT2D eigenvalue weighted by Gasteiger charge is 2.47. The highest BCUT2D eigenvalue weighted by atomic mass is 79.9. The topological polar surface area (TPSA) is 57.6 Å². The molecule has 1 fully saturated rings. The van der Waals surface area contributed by atoms with Crippen molar-refractivity contribution in [2.24, 2.45) is 0 Å². The van der Waals surface area contributed by atoms with Crippen molar-refractivity contribution in [1.29, 1.82) is 0 Å². The Kier molecular flexibility index (Phi) is 6.07. The van der Waals surface area contributed by atoms with E-state index in [2.05, 4.69) is 15.9 Å². The highest BCUT2D eigenvalue weighted by Crippen LogP contribution is 2.43. The maximum Gasteiger partial charge on any atom is 0.416 e. The second kappa shape index (κ2) is 8.68. The summed E-state index contributed by atoms with van der Waals surface area (Å²) in [4.78, 5) is 27.0. The van der Waals surface area contributed by atoms with Crippen LogP contribution in [0.3, 0.4) is 0 Å². The molecule has 9 heteroatoms. The first-order chi connectivity index (χ1) is 15.6. The molecular formula is C24H14BrClF3NO3. The first-order valence-corrected chi connectivity index (χ1v) is 10.7. The van der Waals surface area contributed by atoms with E-state index < -0.39 is 35.2 Å². The number of aliphatic hydroxyl groups excluding tert-OH is 1. The van der Waals surface area contributed by atoms with Crippen molar-refractivity contribution in [3.63, 3.8) is 0 Å². The van der Waals surface area contributed by atoms with Gasteiger partial charge < -0.3 is 5.11 Å². The van der Waals surface area contributed by atoms with Crippen LogP contribution in [0.4, 0.5) is 18.9 Å². The predicted molar refractivity (Wildman–Crippen MR) is 122 cm³/mol. The van der Waals surface area contributed by atoms with Crippen molar-refractivity contribution >= 4 is 50.7 Å². The van der Waals surface area contributed by atoms with Gasteiger partial charge in [-0.2, -0.15) is 13.2 Å². The van der Waals surface area contributed by atoms with E-state index in [1.54, 1.807) is 24.3 Å². The Morgan fingerprint density at radius 2 is 1.61 bits per heavy atom. The van der Waals surface area contributed by atoms with Gasteiger partial charge in [-0.1, -0.05) is 45.7 Å². The lowest BCUT2D eigenvalue weighted by Crippen LogP contribution is -2.29. The van der Waals surface area contributed by atoms with Crippen LogP contribution in [0.2, 0.25) is 5.02 Å². The Labute approximate surface area is 200 Å². The molecule has 3 aromatic carbocycles. The van der Waals surface area contributed by atoms with E-state index >= 15 is 0 Å². The molecule has 0 spiro atoms. The van der Waals surface area contributed by atoms with Gasteiger partial charge >= 0.3 is 6.18 Å². The third kappa shape index (κ3) is 4.41. The van der Waals surface area contributed by atoms with Crippen molar-refractivity contribution < 1.29 is 27.9 Å². The predicted octanol–water partition coefficient (Wildman–Crippen LogP) is 6.75. The summed E-state index contributed by atoms with van der Waals surface area (Å²) in [7, 11) is 0. The maximum atomic E-state index is 13.3. The van der Waals surface area contributed by atoms with Gasteiger partial charge in [0.05, 0.1) is 17.2 Å². The fraction of sp³-hybridized carbons (Fsp3) is 0.0833. The van der Waals surface area contributed by atoms with E-state index in [0.717, 1.165) is 27.6 Å². The molecule has 4 nitrogen and oxygen atoms in total. The smallest absolute Gasteiger partial charge is 0.416 e. The Balaban J connectivity index is 1.94. The average molecular weight is 537 g/mol. The number of ketones is 1. The number of benzene rings is 3. The van der Waals surface area contributed by atoms with E-state index in [1.165, 1.54) is 30.3 Å². The summed E-state index contributed by atoms with van der Waals surface area (Å²) in [6, 6.07) is 15.6. The molecule has 1 aliphatic rings. The minimum atomic E-state index is -4.64. The molecule has 1 atom stereocenters. The molecule has 0 unspecified atom stereocenters. The zero-order chi connectivity index (χ0) is 23.9. The van der Waals surface area contributed by atoms with Crippen molar-refractivity contribution in [3.05, 3.63) is 105 Å². The van der Waals surface area contributed by atoms with E-state index in [4.69, 9.17) is 11.6 Å². The normalized spacial score (nSPS) is 18.1. The molecule has 3 aromatic rings. The number of alkyl halides is 3. The zero-order valence-corrected chi connectivity index (χ0v) is 18.9. The third-order valence-electron chi connectivity index (χ3n) is 5.20. The fourth-order valence-corrected chi connectivity index (χ4v) is 4.04. The summed E-state index contributed by atoms with van der Waals surface area (Å²) in [5.74, 6) is -2.50.